The van der Waals surface area contributed by atoms with Gasteiger partial charge in [-0.2, -0.15) is 0 Å². The lowest BCUT2D eigenvalue weighted by molar-refractivity contribution is -0.137. The van der Waals surface area contributed by atoms with Crippen molar-refractivity contribution in [2.45, 2.75) is 45.7 Å². The highest BCUT2D eigenvalue weighted by atomic mass is 16.3. The van der Waals surface area contributed by atoms with Crippen LogP contribution >= 0.6 is 0 Å². The van der Waals surface area contributed by atoms with Crippen LogP contribution in [0.2, 0.25) is 0 Å². The summed E-state index contributed by atoms with van der Waals surface area (Å²) in [5.41, 5.74) is 0.966. The van der Waals surface area contributed by atoms with Gasteiger partial charge in [-0.15, -0.1) is 0 Å². The fourth-order valence-electron chi connectivity index (χ4n) is 3.14. The predicted octanol–water partition coefficient (Wildman–Crippen LogP) is 2.69. The molecule has 0 aromatic heterocycles. The quantitative estimate of drug-likeness (QED) is 0.896. The van der Waals surface area contributed by atoms with Gasteiger partial charge >= 0.3 is 0 Å². The van der Waals surface area contributed by atoms with E-state index in [1.165, 1.54) is 0 Å². The molecular weight excluding hydrogens is 264 g/mol. The summed E-state index contributed by atoms with van der Waals surface area (Å²) in [5, 5.41) is 13.0. The van der Waals surface area contributed by atoms with Crippen LogP contribution in [-0.2, 0) is 4.79 Å². The number of hydrogen-bond acceptors (Lipinski definition) is 3. The summed E-state index contributed by atoms with van der Waals surface area (Å²) in [6.07, 6.45) is 2.24. The number of phenolic OH excluding ortho intramolecular Hbond substituents is 1. The van der Waals surface area contributed by atoms with E-state index in [0.717, 1.165) is 24.9 Å². The molecule has 116 valence electrons. The zero-order valence-electron chi connectivity index (χ0n) is 13.2. The number of benzene rings is 1. The van der Waals surface area contributed by atoms with Crippen molar-refractivity contribution in [1.82, 2.24) is 10.2 Å². The first-order chi connectivity index (χ1) is 10.0. The predicted molar refractivity (Wildman–Crippen MR) is 84.1 cm³/mol. The molecule has 2 rings (SSSR count). The van der Waals surface area contributed by atoms with Gasteiger partial charge in [0.25, 0.3) is 0 Å². The Balaban J connectivity index is 2.16. The second kappa shape index (κ2) is 6.94. The first-order valence-corrected chi connectivity index (χ1v) is 7.87. The summed E-state index contributed by atoms with van der Waals surface area (Å²) in [5.74, 6) is 0.782. The highest BCUT2D eigenvalue weighted by Gasteiger charge is 2.32. The fourth-order valence-corrected chi connectivity index (χ4v) is 3.14. The average Bonchev–Trinajstić information content (AvgIpc) is 2.48. The van der Waals surface area contributed by atoms with Crippen LogP contribution in [-0.4, -0.2) is 35.0 Å². The number of carbonyl (C=O) groups is 1. The van der Waals surface area contributed by atoms with Gasteiger partial charge in [0.2, 0.25) is 5.91 Å². The third-order valence-corrected chi connectivity index (χ3v) is 4.48. The Labute approximate surface area is 127 Å². The van der Waals surface area contributed by atoms with Gasteiger partial charge in [-0.3, -0.25) is 4.79 Å². The van der Waals surface area contributed by atoms with Gasteiger partial charge in [0.05, 0.1) is 12.1 Å². The highest BCUT2D eigenvalue weighted by molar-refractivity contribution is 5.82. The number of nitrogens with one attached hydrogen (secondary N) is 1. The molecule has 1 aliphatic rings. The number of rotatable bonds is 4. The number of nitrogens with zero attached hydrogens (tertiary/aromatic N) is 1. The van der Waals surface area contributed by atoms with Crippen molar-refractivity contribution in [2.75, 3.05) is 13.1 Å². The molecule has 1 heterocycles. The van der Waals surface area contributed by atoms with Crippen LogP contribution in [0.1, 0.15) is 45.2 Å². The summed E-state index contributed by atoms with van der Waals surface area (Å²) in [4.78, 5) is 14.7. The monoisotopic (exact) mass is 290 g/mol. The van der Waals surface area contributed by atoms with E-state index in [1.54, 1.807) is 12.1 Å². The van der Waals surface area contributed by atoms with Gasteiger partial charge < -0.3 is 15.3 Å². The Hall–Kier alpha value is -1.55. The molecular formula is C17H26N2O2. The van der Waals surface area contributed by atoms with Crippen LogP contribution in [0, 0.1) is 5.92 Å². The molecule has 3 unspecified atom stereocenters. The van der Waals surface area contributed by atoms with Gasteiger partial charge in [-0.05, 0) is 56.8 Å². The number of likely N-dealkylation sites (N-methyl/N-ethyl adjacent to an activating group) is 1. The SMILES string of the molecule is CCN(C(=O)C1NCCCC1C)C(C)c1cccc(O)c1. The van der Waals surface area contributed by atoms with Crippen molar-refractivity contribution < 1.29 is 9.90 Å². The molecule has 0 spiro atoms. The molecule has 3 atom stereocenters. The van der Waals surface area contributed by atoms with E-state index in [1.807, 2.05) is 30.9 Å². The Morgan fingerprint density at radius 2 is 2.29 bits per heavy atom. The van der Waals surface area contributed by atoms with Crippen molar-refractivity contribution in [3.63, 3.8) is 0 Å². The lowest BCUT2D eigenvalue weighted by Gasteiger charge is -2.36. The number of piperidine rings is 1. The second-order valence-electron chi connectivity index (χ2n) is 5.95. The summed E-state index contributed by atoms with van der Waals surface area (Å²) < 4.78 is 0. The maximum atomic E-state index is 12.8. The van der Waals surface area contributed by atoms with Gasteiger partial charge in [-0.25, -0.2) is 0 Å². The molecule has 21 heavy (non-hydrogen) atoms. The molecule has 4 heteroatoms. The maximum absolute atomic E-state index is 12.8. The number of amides is 1. The van der Waals surface area contributed by atoms with E-state index < -0.39 is 0 Å². The minimum Gasteiger partial charge on any atom is -0.508 e. The number of phenols is 1. The standard InChI is InChI=1S/C17H26N2O2/c1-4-19(13(3)14-8-5-9-15(20)11-14)17(21)16-12(2)7-6-10-18-16/h5,8-9,11-13,16,18,20H,4,6-7,10H2,1-3H3. The van der Waals surface area contributed by atoms with Crippen molar-refractivity contribution in [3.8, 4) is 5.75 Å². The summed E-state index contributed by atoms with van der Waals surface area (Å²) in [6.45, 7) is 7.75. The van der Waals surface area contributed by atoms with Crippen LogP contribution in [0.15, 0.2) is 24.3 Å². The Morgan fingerprint density at radius 3 is 2.90 bits per heavy atom. The van der Waals surface area contributed by atoms with Crippen LogP contribution in [0.3, 0.4) is 0 Å². The summed E-state index contributed by atoms with van der Waals surface area (Å²) in [6, 6.07) is 7.04. The van der Waals surface area contributed by atoms with E-state index in [9.17, 15) is 9.90 Å². The van der Waals surface area contributed by atoms with E-state index in [0.29, 0.717) is 12.5 Å². The molecule has 1 amide bonds. The van der Waals surface area contributed by atoms with Crippen LogP contribution in [0.4, 0.5) is 0 Å². The third kappa shape index (κ3) is 3.56. The first kappa shape index (κ1) is 15.8. The smallest absolute Gasteiger partial charge is 0.240 e. The fraction of sp³-hybridized carbons (Fsp3) is 0.588. The Kier molecular flexibility index (Phi) is 5.23. The molecule has 1 fully saturated rings. The number of hydrogen-bond donors (Lipinski definition) is 2. The highest BCUT2D eigenvalue weighted by Crippen LogP contribution is 2.26. The summed E-state index contributed by atoms with van der Waals surface area (Å²) in [7, 11) is 0. The normalized spacial score (nSPS) is 23.6. The molecule has 0 bridgehead atoms. The van der Waals surface area contributed by atoms with Gasteiger partial charge in [-0.1, -0.05) is 19.1 Å². The average molecular weight is 290 g/mol. The van der Waals surface area contributed by atoms with Crippen LogP contribution < -0.4 is 5.32 Å². The zero-order chi connectivity index (χ0) is 15.4. The molecule has 0 saturated carbocycles. The molecule has 2 N–H and O–H groups in total. The third-order valence-electron chi connectivity index (χ3n) is 4.48. The van der Waals surface area contributed by atoms with Crippen molar-refractivity contribution >= 4 is 5.91 Å². The minimum absolute atomic E-state index is 0.0365. The second-order valence-corrected chi connectivity index (χ2v) is 5.95. The van der Waals surface area contributed by atoms with Crippen molar-refractivity contribution in [1.29, 1.82) is 0 Å². The zero-order valence-corrected chi connectivity index (χ0v) is 13.2. The summed E-state index contributed by atoms with van der Waals surface area (Å²) >= 11 is 0. The largest absolute Gasteiger partial charge is 0.508 e. The molecule has 0 aliphatic carbocycles. The van der Waals surface area contributed by atoms with Crippen LogP contribution in [0.25, 0.3) is 0 Å². The number of carbonyl (C=O) groups excluding carboxylic acids is 1. The van der Waals surface area contributed by atoms with Crippen molar-refractivity contribution in [3.05, 3.63) is 29.8 Å². The molecule has 1 aromatic rings. The van der Waals surface area contributed by atoms with E-state index in [2.05, 4.69) is 12.2 Å². The Morgan fingerprint density at radius 1 is 1.52 bits per heavy atom. The molecule has 1 aromatic carbocycles. The first-order valence-electron chi connectivity index (χ1n) is 7.87. The molecule has 4 nitrogen and oxygen atoms in total. The topological polar surface area (TPSA) is 52.6 Å². The van der Waals surface area contributed by atoms with E-state index >= 15 is 0 Å². The van der Waals surface area contributed by atoms with E-state index in [-0.39, 0.29) is 23.7 Å². The van der Waals surface area contributed by atoms with Gasteiger partial charge in [0, 0.05) is 6.54 Å². The van der Waals surface area contributed by atoms with Gasteiger partial charge in [0.15, 0.2) is 0 Å². The number of aromatic hydroxyl groups is 1. The minimum atomic E-state index is -0.0848. The Bertz CT molecular complexity index is 489. The molecule has 0 radical (unpaired) electrons. The van der Waals surface area contributed by atoms with Crippen molar-refractivity contribution in [2.24, 2.45) is 5.92 Å². The molecule has 1 saturated heterocycles. The maximum Gasteiger partial charge on any atom is 0.240 e. The van der Waals surface area contributed by atoms with Gasteiger partial charge in [0.1, 0.15) is 5.75 Å². The lowest BCUT2D eigenvalue weighted by atomic mass is 9.91. The van der Waals surface area contributed by atoms with E-state index in [4.69, 9.17) is 0 Å². The van der Waals surface area contributed by atoms with Crippen LogP contribution in [0.5, 0.6) is 5.75 Å². The lowest BCUT2D eigenvalue weighted by Crippen LogP contribution is -2.52. The molecule has 1 aliphatic heterocycles.